The smallest absolute Gasteiger partial charge is 0.0786 e. The zero-order chi connectivity index (χ0) is 36.0. The number of hydrogen-bond donors (Lipinski definition) is 0. The summed E-state index contributed by atoms with van der Waals surface area (Å²) in [7, 11) is 0. The molecule has 8 rings (SSSR count). The average molecular weight is 674 g/mol. The summed E-state index contributed by atoms with van der Waals surface area (Å²) in [5.74, 6) is 0. The van der Waals surface area contributed by atoms with Crippen LogP contribution in [0.1, 0.15) is 61.1 Å². The predicted molar refractivity (Wildman–Crippen MR) is 223 cm³/mol. The molecule has 0 N–H and O–H groups in total. The van der Waals surface area contributed by atoms with Crippen molar-refractivity contribution in [2.75, 3.05) is 0 Å². The van der Waals surface area contributed by atoms with Crippen molar-refractivity contribution in [2.24, 2.45) is 0 Å². The molecule has 256 valence electrons. The van der Waals surface area contributed by atoms with Gasteiger partial charge in [0.1, 0.15) is 0 Å². The fourth-order valence-corrected chi connectivity index (χ4v) is 8.27. The summed E-state index contributed by atoms with van der Waals surface area (Å²) in [5.41, 5.74) is 14.1. The molecule has 0 radical (unpaired) electrons. The zero-order valence-electron chi connectivity index (χ0n) is 31.3. The first-order valence-corrected chi connectivity index (χ1v) is 18.6. The summed E-state index contributed by atoms with van der Waals surface area (Å²) in [6.07, 6.45) is 3.81. The normalized spacial score (nSPS) is 12.2. The molecule has 8 aromatic rings. The van der Waals surface area contributed by atoms with Crippen LogP contribution in [0.5, 0.6) is 0 Å². The largest absolute Gasteiger partial charge is 0.256 e. The van der Waals surface area contributed by atoms with Crippen LogP contribution in [0, 0.1) is 13.8 Å². The van der Waals surface area contributed by atoms with E-state index in [4.69, 9.17) is 4.98 Å². The maximum absolute atomic E-state index is 4.86. The SMILES string of the molecule is Cc1ccc(C(C)(C)Cc2cc(CC(C)(C)c3ccc(C)cc3)cc(-c3ccccc3-c3ccc4c(c3)c3ccccc3c3cccnc34)c2)cc1. The van der Waals surface area contributed by atoms with Crippen molar-refractivity contribution in [1.29, 1.82) is 0 Å². The molecule has 7 aromatic carbocycles. The Morgan fingerprint density at radius 3 is 1.48 bits per heavy atom. The number of nitrogens with zero attached hydrogens (tertiary/aromatic N) is 1. The minimum absolute atomic E-state index is 0.0220. The minimum atomic E-state index is -0.0220. The molecule has 0 saturated heterocycles. The molecule has 0 bridgehead atoms. The van der Waals surface area contributed by atoms with Crippen LogP contribution in [0.3, 0.4) is 0 Å². The molecule has 0 aliphatic rings. The lowest BCUT2D eigenvalue weighted by atomic mass is 9.76. The molecular weight excluding hydrogens is 627 g/mol. The molecule has 0 unspecified atom stereocenters. The third-order valence-corrected chi connectivity index (χ3v) is 11.1. The van der Waals surface area contributed by atoms with E-state index in [0.717, 1.165) is 18.4 Å². The molecule has 1 aromatic heterocycles. The van der Waals surface area contributed by atoms with Crippen LogP contribution in [-0.4, -0.2) is 4.98 Å². The van der Waals surface area contributed by atoms with Crippen LogP contribution in [0.15, 0.2) is 152 Å². The minimum Gasteiger partial charge on any atom is -0.256 e. The van der Waals surface area contributed by atoms with Crippen molar-refractivity contribution in [3.05, 3.63) is 185 Å². The van der Waals surface area contributed by atoms with Gasteiger partial charge in [-0.2, -0.15) is 0 Å². The average Bonchev–Trinajstić information content (AvgIpc) is 3.14. The Morgan fingerprint density at radius 1 is 0.423 bits per heavy atom. The molecule has 0 aliphatic heterocycles. The Balaban J connectivity index is 1.27. The molecule has 0 saturated carbocycles. The molecule has 1 nitrogen and oxygen atoms in total. The van der Waals surface area contributed by atoms with Gasteiger partial charge >= 0.3 is 0 Å². The highest BCUT2D eigenvalue weighted by atomic mass is 14.6. The van der Waals surface area contributed by atoms with E-state index >= 15 is 0 Å². The second-order valence-corrected chi connectivity index (χ2v) is 16.1. The summed E-state index contributed by atoms with van der Waals surface area (Å²) in [6, 6.07) is 54.4. The van der Waals surface area contributed by atoms with Gasteiger partial charge in [-0.15, -0.1) is 0 Å². The van der Waals surface area contributed by atoms with Crippen LogP contribution in [-0.2, 0) is 23.7 Å². The van der Waals surface area contributed by atoms with Gasteiger partial charge in [0.25, 0.3) is 0 Å². The summed E-state index contributed by atoms with van der Waals surface area (Å²) >= 11 is 0. The second kappa shape index (κ2) is 13.2. The molecule has 0 fully saturated rings. The Hall–Kier alpha value is -5.53. The summed E-state index contributed by atoms with van der Waals surface area (Å²) in [5, 5.41) is 6.14. The molecule has 0 aliphatic carbocycles. The number of benzene rings is 7. The van der Waals surface area contributed by atoms with Gasteiger partial charge in [-0.05, 0) is 110 Å². The van der Waals surface area contributed by atoms with E-state index in [1.54, 1.807) is 0 Å². The maximum atomic E-state index is 4.86. The summed E-state index contributed by atoms with van der Waals surface area (Å²) < 4.78 is 0. The summed E-state index contributed by atoms with van der Waals surface area (Å²) in [6.45, 7) is 13.9. The molecule has 0 atom stereocenters. The maximum Gasteiger partial charge on any atom is 0.0786 e. The second-order valence-electron chi connectivity index (χ2n) is 16.1. The lowest BCUT2D eigenvalue weighted by Gasteiger charge is -2.28. The van der Waals surface area contributed by atoms with Crippen molar-refractivity contribution < 1.29 is 0 Å². The number of aryl methyl sites for hydroxylation is 2. The molecule has 1 heterocycles. The van der Waals surface area contributed by atoms with Crippen molar-refractivity contribution >= 4 is 32.4 Å². The van der Waals surface area contributed by atoms with Gasteiger partial charge < -0.3 is 0 Å². The van der Waals surface area contributed by atoms with Gasteiger partial charge in [-0.25, -0.2) is 0 Å². The van der Waals surface area contributed by atoms with E-state index in [0.29, 0.717) is 0 Å². The predicted octanol–water partition coefficient (Wildman–Crippen LogP) is 13.5. The van der Waals surface area contributed by atoms with Crippen molar-refractivity contribution in [3.8, 4) is 22.3 Å². The van der Waals surface area contributed by atoms with Crippen LogP contribution >= 0.6 is 0 Å². The van der Waals surface area contributed by atoms with Crippen LogP contribution in [0.25, 0.3) is 54.7 Å². The highest BCUT2D eigenvalue weighted by Gasteiger charge is 2.25. The molecule has 0 spiro atoms. The lowest BCUT2D eigenvalue weighted by molar-refractivity contribution is 0.515. The number of rotatable bonds is 8. The first-order chi connectivity index (χ1) is 25.1. The highest BCUT2D eigenvalue weighted by molar-refractivity contribution is 6.24. The number of aromatic nitrogens is 1. The van der Waals surface area contributed by atoms with Gasteiger partial charge in [-0.3, -0.25) is 4.98 Å². The van der Waals surface area contributed by atoms with Gasteiger partial charge in [-0.1, -0.05) is 172 Å². The Morgan fingerprint density at radius 2 is 0.904 bits per heavy atom. The third kappa shape index (κ3) is 6.41. The standard InChI is InChI=1S/C51H47N/c1-34-17-22-40(23-18-34)50(3,4)32-36-28-37(33-51(5,6)41-24-19-35(2)20-25-41)30-39(29-36)43-13-8-7-12-42(43)38-21-26-47-48(31-38)45-15-10-9-14-44(45)46-16-11-27-52-49(46)47/h7-31H,32-33H2,1-6H3. The monoisotopic (exact) mass is 673 g/mol. The van der Waals surface area contributed by atoms with Crippen LogP contribution in [0.4, 0.5) is 0 Å². The fraction of sp³-hybridized carbons (Fsp3) is 0.196. The Bertz CT molecular complexity index is 2460. The first-order valence-electron chi connectivity index (χ1n) is 18.6. The number of pyridine rings is 1. The Kier molecular flexibility index (Phi) is 8.54. The molecule has 52 heavy (non-hydrogen) atoms. The third-order valence-electron chi connectivity index (χ3n) is 11.1. The molecule has 0 amide bonds. The zero-order valence-corrected chi connectivity index (χ0v) is 31.3. The fourth-order valence-electron chi connectivity index (χ4n) is 8.27. The van der Waals surface area contributed by atoms with E-state index in [1.807, 2.05) is 12.3 Å². The van der Waals surface area contributed by atoms with E-state index < -0.39 is 0 Å². The van der Waals surface area contributed by atoms with Gasteiger partial charge in [0, 0.05) is 17.0 Å². The topological polar surface area (TPSA) is 12.9 Å². The van der Waals surface area contributed by atoms with Gasteiger partial charge in [0.15, 0.2) is 0 Å². The first kappa shape index (κ1) is 33.6. The highest BCUT2D eigenvalue weighted by Crippen LogP contribution is 2.40. The number of hydrogen-bond acceptors (Lipinski definition) is 1. The molecular formula is C51H47N. The van der Waals surface area contributed by atoms with Crippen LogP contribution < -0.4 is 0 Å². The molecule has 1 heteroatoms. The van der Waals surface area contributed by atoms with E-state index in [1.165, 1.54) is 82.6 Å². The van der Waals surface area contributed by atoms with E-state index in [2.05, 4.69) is 181 Å². The summed E-state index contributed by atoms with van der Waals surface area (Å²) in [4.78, 5) is 4.86. The Labute approximate surface area is 309 Å². The van der Waals surface area contributed by atoms with Gasteiger partial charge in [0.05, 0.1) is 5.52 Å². The van der Waals surface area contributed by atoms with E-state index in [9.17, 15) is 0 Å². The van der Waals surface area contributed by atoms with Crippen molar-refractivity contribution in [3.63, 3.8) is 0 Å². The van der Waals surface area contributed by atoms with Crippen molar-refractivity contribution in [2.45, 2.75) is 65.2 Å². The van der Waals surface area contributed by atoms with Crippen LogP contribution in [0.2, 0.25) is 0 Å². The lowest BCUT2D eigenvalue weighted by Crippen LogP contribution is -2.22. The van der Waals surface area contributed by atoms with Crippen molar-refractivity contribution in [1.82, 2.24) is 4.98 Å². The van der Waals surface area contributed by atoms with E-state index in [-0.39, 0.29) is 10.8 Å². The van der Waals surface area contributed by atoms with Gasteiger partial charge in [0.2, 0.25) is 0 Å². The number of fused-ring (bicyclic) bond motifs is 6. The quantitative estimate of drug-likeness (QED) is 0.146.